The first kappa shape index (κ1) is 14.4. The van der Waals surface area contributed by atoms with E-state index < -0.39 is 0 Å². The molecule has 4 nitrogen and oxygen atoms in total. The Morgan fingerprint density at radius 1 is 1.20 bits per heavy atom. The zero-order valence-corrected chi connectivity index (χ0v) is 11.6. The molecule has 0 saturated heterocycles. The molecular formula is C16H18N2O2. The van der Waals surface area contributed by atoms with Crippen LogP contribution in [0.25, 0.3) is 0 Å². The fraction of sp³-hybridized carbons (Fsp3) is 0.500. The molecule has 0 spiro atoms. The minimum absolute atomic E-state index is 0.0839. The Morgan fingerprint density at radius 2 is 2.00 bits per heavy atom. The van der Waals surface area contributed by atoms with Crippen LogP contribution >= 0.6 is 0 Å². The van der Waals surface area contributed by atoms with E-state index in [0.717, 1.165) is 36.8 Å². The highest BCUT2D eigenvalue weighted by Gasteiger charge is 2.25. The van der Waals surface area contributed by atoms with E-state index in [1.165, 1.54) is 6.42 Å². The van der Waals surface area contributed by atoms with Crippen molar-refractivity contribution in [2.24, 2.45) is 15.9 Å². The highest BCUT2D eigenvalue weighted by atomic mass is 16.1. The fourth-order valence-electron chi connectivity index (χ4n) is 2.92. The summed E-state index contributed by atoms with van der Waals surface area (Å²) in [4.78, 5) is 28.6. The molecule has 0 N–H and O–H groups in total. The topological polar surface area (TPSA) is 58.9 Å². The SMILES string of the molecule is Cc1ccc(CC2CCCCC2N=C=O)cc1N=C=O. The van der Waals surface area contributed by atoms with E-state index in [9.17, 15) is 9.59 Å². The van der Waals surface area contributed by atoms with Crippen LogP contribution in [0.4, 0.5) is 5.69 Å². The van der Waals surface area contributed by atoms with Crippen molar-refractivity contribution in [1.29, 1.82) is 0 Å². The minimum atomic E-state index is 0.0839. The predicted octanol–water partition coefficient (Wildman–Crippen LogP) is 3.40. The largest absolute Gasteiger partial charge is 0.240 e. The van der Waals surface area contributed by atoms with Crippen LogP contribution in [0.5, 0.6) is 0 Å². The first-order valence-corrected chi connectivity index (χ1v) is 6.99. The van der Waals surface area contributed by atoms with Gasteiger partial charge >= 0.3 is 0 Å². The average Bonchev–Trinajstić information content (AvgIpc) is 2.45. The van der Waals surface area contributed by atoms with Crippen molar-refractivity contribution in [2.45, 2.75) is 45.1 Å². The molecule has 2 rings (SSSR count). The molecular weight excluding hydrogens is 252 g/mol. The van der Waals surface area contributed by atoms with Crippen molar-refractivity contribution in [3.63, 3.8) is 0 Å². The van der Waals surface area contributed by atoms with Gasteiger partial charge in [-0.2, -0.15) is 4.99 Å². The van der Waals surface area contributed by atoms with Crippen LogP contribution < -0.4 is 0 Å². The third-order valence-electron chi connectivity index (χ3n) is 4.03. The molecule has 0 aliphatic heterocycles. The molecule has 1 fully saturated rings. The Balaban J connectivity index is 2.17. The molecule has 2 unspecified atom stereocenters. The number of isocyanates is 2. The molecule has 1 aliphatic carbocycles. The van der Waals surface area contributed by atoms with Gasteiger partial charge in [-0.3, -0.25) is 0 Å². The zero-order chi connectivity index (χ0) is 14.4. The minimum Gasteiger partial charge on any atom is -0.211 e. The van der Waals surface area contributed by atoms with Crippen molar-refractivity contribution in [1.82, 2.24) is 0 Å². The molecule has 4 heteroatoms. The van der Waals surface area contributed by atoms with Gasteiger partial charge in [-0.1, -0.05) is 25.0 Å². The third-order valence-corrected chi connectivity index (χ3v) is 4.03. The maximum absolute atomic E-state index is 10.5. The summed E-state index contributed by atoms with van der Waals surface area (Å²) in [5.41, 5.74) is 2.76. The van der Waals surface area contributed by atoms with Crippen LogP contribution in [-0.4, -0.2) is 18.2 Å². The first-order valence-electron chi connectivity index (χ1n) is 6.99. The van der Waals surface area contributed by atoms with E-state index in [2.05, 4.69) is 16.1 Å². The Kier molecular flexibility index (Phi) is 5.00. The van der Waals surface area contributed by atoms with E-state index in [4.69, 9.17) is 0 Å². The quantitative estimate of drug-likeness (QED) is 0.622. The van der Waals surface area contributed by atoms with Crippen LogP contribution in [0.2, 0.25) is 0 Å². The lowest BCUT2D eigenvalue weighted by atomic mass is 9.81. The Hall–Kier alpha value is -2.02. The predicted molar refractivity (Wildman–Crippen MR) is 76.5 cm³/mol. The van der Waals surface area contributed by atoms with Gasteiger partial charge < -0.3 is 0 Å². The number of hydrogen-bond acceptors (Lipinski definition) is 4. The number of aliphatic imine (C=N–C) groups is 2. The summed E-state index contributed by atoms with van der Waals surface area (Å²) < 4.78 is 0. The van der Waals surface area contributed by atoms with E-state index in [1.807, 2.05) is 19.1 Å². The van der Waals surface area contributed by atoms with Gasteiger partial charge in [-0.25, -0.2) is 14.6 Å². The van der Waals surface area contributed by atoms with E-state index in [-0.39, 0.29) is 6.04 Å². The molecule has 0 radical (unpaired) electrons. The lowest BCUT2D eigenvalue weighted by molar-refractivity contribution is 0.307. The molecule has 1 aromatic carbocycles. The van der Waals surface area contributed by atoms with Gasteiger partial charge in [0.05, 0.1) is 11.7 Å². The molecule has 0 bridgehead atoms. The normalized spacial score (nSPS) is 21.6. The van der Waals surface area contributed by atoms with Gasteiger partial charge in [-0.15, -0.1) is 0 Å². The average molecular weight is 270 g/mol. The Labute approximate surface area is 118 Å². The molecule has 20 heavy (non-hydrogen) atoms. The van der Waals surface area contributed by atoms with Gasteiger partial charge in [0.25, 0.3) is 0 Å². The van der Waals surface area contributed by atoms with Crippen molar-refractivity contribution >= 4 is 17.8 Å². The van der Waals surface area contributed by atoms with Crippen molar-refractivity contribution in [3.05, 3.63) is 29.3 Å². The standard InChI is InChI=1S/C16H18N2O2/c1-12-6-7-13(9-16(12)18-11-20)8-14-4-2-3-5-15(14)17-10-19/h6-7,9,14-15H,2-5,8H2,1H3. The van der Waals surface area contributed by atoms with Crippen LogP contribution in [-0.2, 0) is 16.0 Å². The van der Waals surface area contributed by atoms with E-state index in [0.29, 0.717) is 11.6 Å². The van der Waals surface area contributed by atoms with Crippen LogP contribution in [0.1, 0.15) is 36.8 Å². The first-order chi connectivity index (χ1) is 9.74. The van der Waals surface area contributed by atoms with E-state index >= 15 is 0 Å². The fourth-order valence-corrected chi connectivity index (χ4v) is 2.92. The number of nitrogens with zero attached hydrogens (tertiary/aromatic N) is 2. The number of benzene rings is 1. The molecule has 0 aromatic heterocycles. The summed E-state index contributed by atoms with van der Waals surface area (Å²) in [5.74, 6) is 0.376. The summed E-state index contributed by atoms with van der Waals surface area (Å²) in [6.45, 7) is 1.92. The monoisotopic (exact) mass is 270 g/mol. The maximum atomic E-state index is 10.5. The number of rotatable bonds is 4. The molecule has 104 valence electrons. The lowest BCUT2D eigenvalue weighted by Gasteiger charge is -2.27. The highest BCUT2D eigenvalue weighted by Crippen LogP contribution is 2.31. The molecule has 0 amide bonds. The van der Waals surface area contributed by atoms with Gasteiger partial charge in [0.1, 0.15) is 0 Å². The Morgan fingerprint density at radius 3 is 2.75 bits per heavy atom. The van der Waals surface area contributed by atoms with Gasteiger partial charge in [0, 0.05) is 0 Å². The number of aryl methyl sites for hydroxylation is 1. The Bertz CT molecular complexity index is 570. The summed E-state index contributed by atoms with van der Waals surface area (Å²) in [5, 5.41) is 0. The van der Waals surface area contributed by atoms with Crippen LogP contribution in [0, 0.1) is 12.8 Å². The van der Waals surface area contributed by atoms with Gasteiger partial charge in [-0.05, 0) is 49.3 Å². The van der Waals surface area contributed by atoms with Crippen LogP contribution in [0.15, 0.2) is 28.2 Å². The third kappa shape index (κ3) is 3.51. The molecule has 1 aromatic rings. The number of carbonyl (C=O) groups excluding carboxylic acids is 2. The second kappa shape index (κ2) is 6.95. The van der Waals surface area contributed by atoms with Crippen molar-refractivity contribution in [3.8, 4) is 0 Å². The second-order valence-electron chi connectivity index (χ2n) is 5.36. The van der Waals surface area contributed by atoms with Crippen molar-refractivity contribution in [2.75, 3.05) is 0 Å². The van der Waals surface area contributed by atoms with E-state index in [1.54, 1.807) is 12.2 Å². The molecule has 1 saturated carbocycles. The lowest BCUT2D eigenvalue weighted by Crippen LogP contribution is -2.24. The zero-order valence-electron chi connectivity index (χ0n) is 11.6. The highest BCUT2D eigenvalue weighted by molar-refractivity contribution is 5.54. The second-order valence-corrected chi connectivity index (χ2v) is 5.36. The van der Waals surface area contributed by atoms with Gasteiger partial charge in [0.15, 0.2) is 0 Å². The van der Waals surface area contributed by atoms with Crippen LogP contribution in [0.3, 0.4) is 0 Å². The number of hydrogen-bond donors (Lipinski definition) is 0. The summed E-state index contributed by atoms with van der Waals surface area (Å²) in [6, 6.07) is 6.03. The molecule has 2 atom stereocenters. The smallest absolute Gasteiger partial charge is 0.211 e. The molecule has 0 heterocycles. The van der Waals surface area contributed by atoms with Gasteiger partial charge in [0.2, 0.25) is 12.2 Å². The summed E-state index contributed by atoms with van der Waals surface area (Å²) in [7, 11) is 0. The summed E-state index contributed by atoms with van der Waals surface area (Å²) in [6.07, 6.45) is 8.50. The molecule has 1 aliphatic rings. The maximum Gasteiger partial charge on any atom is 0.240 e. The van der Waals surface area contributed by atoms with Crippen molar-refractivity contribution < 1.29 is 9.59 Å². The summed E-state index contributed by atoms with van der Waals surface area (Å²) >= 11 is 0.